The second-order valence-electron chi connectivity index (χ2n) is 31.4. The smallest absolute Gasteiger partial charge is 0.449 e. The molecule has 16 nitrogen and oxygen atoms in total. The van der Waals surface area contributed by atoms with Crippen LogP contribution in [0.2, 0.25) is 0 Å². The Labute approximate surface area is 522 Å². The van der Waals surface area contributed by atoms with Crippen LogP contribution in [-0.2, 0) is 57.1 Å². The molecule has 0 amide bonds. The van der Waals surface area contributed by atoms with Gasteiger partial charge in [-0.2, -0.15) is 35.1 Å². The summed E-state index contributed by atoms with van der Waals surface area (Å²) in [5.74, 6) is -11.1. The summed E-state index contributed by atoms with van der Waals surface area (Å²) in [5.41, 5.74) is -13.0. The summed E-state index contributed by atoms with van der Waals surface area (Å²) in [5, 5.41) is 40.9. The summed E-state index contributed by atoms with van der Waals surface area (Å²) in [6.07, 6.45) is -0.745. The van der Waals surface area contributed by atoms with Crippen molar-refractivity contribution in [3.05, 3.63) is 0 Å². The number of hydrogen-bond donors (Lipinski definition) is 4. The highest BCUT2D eigenvalue weighted by molar-refractivity contribution is 5.79. The Bertz CT molecular complexity index is 2450. The molecule has 2 aliphatic heterocycles. The van der Waals surface area contributed by atoms with E-state index in [2.05, 4.69) is 9.47 Å². The minimum Gasteiger partial charge on any atom is -0.462 e. The fourth-order valence-electron chi connectivity index (χ4n) is 12.2. The van der Waals surface area contributed by atoms with Crippen molar-refractivity contribution in [2.45, 2.75) is 324 Å². The number of halogens is 8. The van der Waals surface area contributed by atoms with Gasteiger partial charge in [-0.25, -0.2) is 0 Å². The van der Waals surface area contributed by atoms with Crippen molar-refractivity contribution in [2.75, 3.05) is 13.2 Å². The molecule has 2 saturated heterocycles. The topological polar surface area (TPSA) is 231 Å². The predicted molar refractivity (Wildman–Crippen MR) is 313 cm³/mol. The van der Waals surface area contributed by atoms with Crippen LogP contribution in [0.5, 0.6) is 0 Å². The van der Waals surface area contributed by atoms with Crippen LogP contribution in [0.1, 0.15) is 249 Å². The molecule has 2 heterocycles. The number of rotatable bonds is 18. The number of aliphatic hydroxyl groups is 4. The standard InChI is InChI=1S/C22H38O4.C19H33F3O4.C12H17F5O4.C12H20O4/c1-8-17(2,3)16(23)26-22-11-15-9-20(13-22,18(4,5)24)12-21(10-15,14-22)19(6,7)25;1-7-16(2,3)15(23)26-14-10-8-13(9-11-14)17(4,5)25-12-18(6,24)19(20,21)22;1-5-8(2,3)7(18)21-9(4)6-20-11(19,10(9,13)14)12(15,16)17;1-6-11(3,4)10(14)16-12(5)7-9(13)15-8(12)2/h15,24-25H,8-14H2,1-7H3;13-14,24H,7-12H2,1-6H3;19H,5-6H2,1-4H3;8H,6-7H2,1-5H3. The quantitative estimate of drug-likeness (QED) is 0.0568. The summed E-state index contributed by atoms with van der Waals surface area (Å²) >= 11 is 0. The van der Waals surface area contributed by atoms with Gasteiger partial charge in [0, 0.05) is 10.8 Å². The van der Waals surface area contributed by atoms with Gasteiger partial charge in [-0.3, -0.25) is 24.0 Å². The molecule has 7 aliphatic rings. The number of alkyl halides is 8. The van der Waals surface area contributed by atoms with Gasteiger partial charge in [-0.05, 0) is 226 Å². The Kier molecular flexibility index (Phi) is 23.7. The third-order valence-corrected chi connectivity index (χ3v) is 21.3. The zero-order valence-electron chi connectivity index (χ0n) is 57.0. The molecular formula is C65H108F8O16. The average Bonchev–Trinajstić information content (AvgIpc) is 0.798. The molecule has 5 aliphatic carbocycles. The van der Waals surface area contributed by atoms with E-state index < -0.39 is 104 Å². The molecule has 7 rings (SSSR count). The molecule has 24 heteroatoms. The lowest BCUT2D eigenvalue weighted by atomic mass is 9.37. The highest BCUT2D eigenvalue weighted by atomic mass is 19.4. The minimum atomic E-state index is -5.74. The fourth-order valence-corrected chi connectivity index (χ4v) is 12.2. The van der Waals surface area contributed by atoms with E-state index in [0.717, 1.165) is 39.0 Å². The molecule has 7 unspecified atom stereocenters. The Morgan fingerprint density at radius 1 is 0.596 bits per heavy atom. The molecule has 520 valence electrons. The van der Waals surface area contributed by atoms with Crippen molar-refractivity contribution < 1.29 is 113 Å². The molecule has 4 N–H and O–H groups in total. The number of ether oxygens (including phenoxy) is 7. The molecule has 5 saturated carbocycles. The van der Waals surface area contributed by atoms with Crippen LogP contribution in [-0.4, -0.2) is 139 Å². The Hall–Kier alpha value is -3.45. The predicted octanol–water partition coefficient (Wildman–Crippen LogP) is 13.6. The lowest BCUT2D eigenvalue weighted by Gasteiger charge is -2.70. The van der Waals surface area contributed by atoms with Crippen molar-refractivity contribution in [3.8, 4) is 0 Å². The lowest BCUT2D eigenvalue weighted by Crippen LogP contribution is -2.70. The van der Waals surface area contributed by atoms with E-state index in [4.69, 9.17) is 23.7 Å². The van der Waals surface area contributed by atoms with Crippen LogP contribution in [0.4, 0.5) is 35.1 Å². The number of hydrogen-bond acceptors (Lipinski definition) is 16. The SMILES string of the molecule is CCC(C)(C)C(=O)OC1(C)CC(=O)OC1C.CCC(C)(C)C(=O)OC1(C)COC(O)(C(F)(F)F)C1(F)F.CCC(C)(C)C(=O)OC12CC3CC(C(C)(C)O)(C1)CC(C(C)(C)O)(C3)C2.CCC(C)(C)C(=O)OC1CCC(C(C)(C)OCC(C)(O)C(F)(F)F)CC1. The van der Waals surface area contributed by atoms with Crippen LogP contribution in [0.25, 0.3) is 0 Å². The number of carbonyl (C=O) groups is 5. The van der Waals surface area contributed by atoms with E-state index in [1.807, 2.05) is 90.0 Å². The third-order valence-electron chi connectivity index (χ3n) is 21.3. The first-order chi connectivity index (χ1) is 39.6. The summed E-state index contributed by atoms with van der Waals surface area (Å²) in [4.78, 5) is 60.0. The zero-order valence-corrected chi connectivity index (χ0v) is 57.0. The monoisotopic (exact) mass is 1300 g/mol. The van der Waals surface area contributed by atoms with Gasteiger partial charge in [0.15, 0.2) is 11.2 Å². The van der Waals surface area contributed by atoms with Crippen LogP contribution < -0.4 is 0 Å². The van der Waals surface area contributed by atoms with Crippen molar-refractivity contribution >= 4 is 29.8 Å². The summed E-state index contributed by atoms with van der Waals surface area (Å²) in [6, 6.07) is 0. The Morgan fingerprint density at radius 2 is 1.00 bits per heavy atom. The van der Waals surface area contributed by atoms with E-state index in [1.54, 1.807) is 34.6 Å². The van der Waals surface area contributed by atoms with Crippen molar-refractivity contribution in [1.82, 2.24) is 0 Å². The van der Waals surface area contributed by atoms with E-state index in [1.165, 1.54) is 13.8 Å². The van der Waals surface area contributed by atoms with Gasteiger partial charge in [-0.1, -0.05) is 27.7 Å². The van der Waals surface area contributed by atoms with Crippen LogP contribution in [0.15, 0.2) is 0 Å². The molecule has 0 radical (unpaired) electrons. The maximum Gasteiger partial charge on any atom is 0.449 e. The largest absolute Gasteiger partial charge is 0.462 e. The molecular weight excluding hydrogens is 1190 g/mol. The number of esters is 5. The van der Waals surface area contributed by atoms with E-state index in [-0.39, 0.29) is 65.7 Å². The van der Waals surface area contributed by atoms with Crippen molar-refractivity contribution in [1.29, 1.82) is 0 Å². The normalized spacial score (nSPS) is 32.1. The second kappa shape index (κ2) is 26.4. The van der Waals surface area contributed by atoms with Gasteiger partial charge in [0.05, 0.1) is 58.1 Å². The van der Waals surface area contributed by atoms with Gasteiger partial charge in [-0.15, -0.1) is 0 Å². The molecule has 89 heavy (non-hydrogen) atoms. The second-order valence-corrected chi connectivity index (χ2v) is 31.4. The number of cyclic esters (lactones) is 1. The molecule has 7 fully saturated rings. The van der Waals surface area contributed by atoms with Crippen LogP contribution >= 0.6 is 0 Å². The van der Waals surface area contributed by atoms with Crippen LogP contribution in [0.3, 0.4) is 0 Å². The maximum absolute atomic E-state index is 14.0. The first-order valence-electron chi connectivity index (χ1n) is 31.4. The van der Waals surface area contributed by atoms with Gasteiger partial charge in [0.1, 0.15) is 17.8 Å². The maximum atomic E-state index is 14.0. The molecule has 0 aromatic heterocycles. The zero-order chi connectivity index (χ0) is 69.7. The van der Waals surface area contributed by atoms with Gasteiger partial charge in [0.2, 0.25) is 5.60 Å². The highest BCUT2D eigenvalue weighted by Gasteiger charge is 2.83. The van der Waals surface area contributed by atoms with E-state index in [9.17, 15) is 79.5 Å². The van der Waals surface area contributed by atoms with Crippen LogP contribution in [0, 0.1) is 44.3 Å². The molecule has 0 spiro atoms. The Morgan fingerprint density at radius 3 is 1.36 bits per heavy atom. The molecule has 0 aromatic rings. The summed E-state index contributed by atoms with van der Waals surface area (Å²) < 4.78 is 141. The number of carbonyl (C=O) groups excluding carboxylic acids is 5. The summed E-state index contributed by atoms with van der Waals surface area (Å²) in [7, 11) is 0. The minimum absolute atomic E-state index is 0.0423. The van der Waals surface area contributed by atoms with E-state index >= 15 is 0 Å². The highest BCUT2D eigenvalue weighted by Crippen LogP contribution is 2.72. The average molecular weight is 1300 g/mol. The van der Waals surface area contributed by atoms with Gasteiger partial charge < -0.3 is 53.6 Å². The molecule has 7 atom stereocenters. The third kappa shape index (κ3) is 17.1. The van der Waals surface area contributed by atoms with Crippen molar-refractivity contribution in [3.63, 3.8) is 0 Å². The van der Waals surface area contributed by atoms with Gasteiger partial charge >= 0.3 is 53.9 Å². The first-order valence-corrected chi connectivity index (χ1v) is 31.4. The fraction of sp³-hybridized carbons (Fsp3) is 0.923. The van der Waals surface area contributed by atoms with Crippen molar-refractivity contribution in [2.24, 2.45) is 44.3 Å². The molecule has 4 bridgehead atoms. The first kappa shape index (κ1) is 79.8. The lowest BCUT2D eigenvalue weighted by molar-refractivity contribution is -0.409. The molecule has 0 aromatic carbocycles. The van der Waals surface area contributed by atoms with Gasteiger partial charge in [0.25, 0.3) is 0 Å². The van der Waals surface area contributed by atoms with E-state index in [0.29, 0.717) is 64.2 Å². The Balaban J connectivity index is 0.000000315. The summed E-state index contributed by atoms with van der Waals surface area (Å²) in [6.45, 7) is 35.3.